The van der Waals surface area contributed by atoms with E-state index >= 15 is 0 Å². The van der Waals surface area contributed by atoms with Gasteiger partial charge in [0.2, 0.25) is 0 Å². The number of nitrogens with one attached hydrogen (secondary N) is 1. The smallest absolute Gasteiger partial charge is 0.295 e. The quantitative estimate of drug-likeness (QED) is 0.510. The molecule has 0 saturated carbocycles. The Labute approximate surface area is 182 Å². The topological polar surface area (TPSA) is 79.8 Å². The van der Waals surface area contributed by atoms with Crippen LogP contribution in [0.1, 0.15) is 37.6 Å². The molecule has 2 aromatic carbocycles. The van der Waals surface area contributed by atoms with E-state index in [9.17, 15) is 14.9 Å². The lowest BCUT2D eigenvalue weighted by molar-refractivity contribution is -0.112. The molecule has 0 aliphatic heterocycles. The van der Waals surface area contributed by atoms with Crippen molar-refractivity contribution in [3.63, 3.8) is 0 Å². The minimum absolute atomic E-state index is 0.0150. The summed E-state index contributed by atoms with van der Waals surface area (Å²) < 4.78 is 3.15. The normalized spacial score (nSPS) is 11.8. The Morgan fingerprint density at radius 1 is 1.06 bits per heavy atom. The number of aromatic nitrogens is 2. The summed E-state index contributed by atoms with van der Waals surface area (Å²) in [5.74, 6) is -0.617. The van der Waals surface area contributed by atoms with Crippen molar-refractivity contribution in [1.29, 1.82) is 5.26 Å². The fourth-order valence-corrected chi connectivity index (χ4v) is 3.29. The first-order chi connectivity index (χ1) is 14.6. The van der Waals surface area contributed by atoms with Gasteiger partial charge in [0, 0.05) is 7.05 Å². The molecule has 1 heterocycles. The average molecular weight is 415 g/mol. The number of rotatable bonds is 4. The molecule has 1 N–H and O–H groups in total. The van der Waals surface area contributed by atoms with Crippen LogP contribution in [0.3, 0.4) is 0 Å². The van der Waals surface area contributed by atoms with Gasteiger partial charge in [-0.05, 0) is 41.7 Å². The Kier molecular flexibility index (Phi) is 5.98. The minimum Gasteiger partial charge on any atom is -0.315 e. The number of amides is 1. The Morgan fingerprint density at radius 3 is 2.23 bits per heavy atom. The highest BCUT2D eigenvalue weighted by molar-refractivity contribution is 6.09. The Bertz CT molecular complexity index is 1230. The zero-order valence-electron chi connectivity index (χ0n) is 18.4. The third-order valence-electron chi connectivity index (χ3n) is 5.25. The van der Waals surface area contributed by atoms with Gasteiger partial charge in [0.15, 0.2) is 0 Å². The third-order valence-corrected chi connectivity index (χ3v) is 5.25. The first-order valence-corrected chi connectivity index (χ1v) is 10.0. The highest BCUT2D eigenvalue weighted by atomic mass is 16.2. The van der Waals surface area contributed by atoms with Crippen LogP contribution in [0, 0.1) is 18.3 Å². The summed E-state index contributed by atoms with van der Waals surface area (Å²) in [4.78, 5) is 25.7. The van der Waals surface area contributed by atoms with E-state index in [-0.39, 0.29) is 22.2 Å². The van der Waals surface area contributed by atoms with Gasteiger partial charge in [-0.15, -0.1) is 0 Å². The Morgan fingerprint density at radius 2 is 1.68 bits per heavy atom. The maximum Gasteiger partial charge on any atom is 0.295 e. The summed E-state index contributed by atoms with van der Waals surface area (Å²) in [7, 11) is 1.75. The van der Waals surface area contributed by atoms with E-state index in [1.54, 1.807) is 18.7 Å². The van der Waals surface area contributed by atoms with E-state index in [1.165, 1.54) is 10.8 Å². The van der Waals surface area contributed by atoms with Crippen LogP contribution in [0.5, 0.6) is 0 Å². The number of hydrogen-bond acceptors (Lipinski definition) is 3. The summed E-state index contributed by atoms with van der Waals surface area (Å²) in [6.07, 6.45) is 1.52. The van der Waals surface area contributed by atoms with Crippen molar-refractivity contribution in [3.05, 3.63) is 87.3 Å². The summed E-state index contributed by atoms with van der Waals surface area (Å²) >= 11 is 0. The van der Waals surface area contributed by atoms with Gasteiger partial charge in [-0.3, -0.25) is 14.3 Å². The Balaban J connectivity index is 1.91. The van der Waals surface area contributed by atoms with Crippen molar-refractivity contribution in [2.24, 2.45) is 7.05 Å². The molecule has 0 fully saturated rings. The van der Waals surface area contributed by atoms with Gasteiger partial charge in [-0.25, -0.2) is 4.68 Å². The van der Waals surface area contributed by atoms with E-state index in [0.29, 0.717) is 11.4 Å². The molecule has 1 amide bonds. The number of benzene rings is 2. The number of para-hydroxylation sites is 1. The number of anilines is 1. The molecule has 0 aliphatic carbocycles. The van der Waals surface area contributed by atoms with Crippen molar-refractivity contribution in [2.75, 3.05) is 5.32 Å². The molecule has 6 nitrogen and oxygen atoms in total. The fraction of sp³-hybridized carbons (Fsp3) is 0.240. The van der Waals surface area contributed by atoms with E-state index in [1.807, 2.05) is 60.7 Å². The van der Waals surface area contributed by atoms with E-state index < -0.39 is 5.91 Å². The van der Waals surface area contributed by atoms with Gasteiger partial charge in [0.25, 0.3) is 11.5 Å². The standard InChI is InChI=1S/C25H26N4O2/c1-17-22(24(31)29(28(17)5)21-9-7-6-8-10-21)27-23(30)19(16-26)15-18-11-13-20(14-12-18)25(2,3)4/h6-15H,1-5H3,(H,27,30)/b19-15+. The van der Waals surface area contributed by atoms with Crippen molar-refractivity contribution in [3.8, 4) is 11.8 Å². The van der Waals surface area contributed by atoms with Crippen molar-refractivity contribution in [2.45, 2.75) is 33.1 Å². The molecule has 0 bridgehead atoms. The van der Waals surface area contributed by atoms with Gasteiger partial charge >= 0.3 is 0 Å². The van der Waals surface area contributed by atoms with Crippen LogP contribution in [-0.4, -0.2) is 15.3 Å². The van der Waals surface area contributed by atoms with Crippen LogP contribution < -0.4 is 10.9 Å². The molecule has 0 aliphatic rings. The summed E-state index contributed by atoms with van der Waals surface area (Å²) in [6, 6.07) is 18.8. The second-order valence-electron chi connectivity index (χ2n) is 8.43. The summed E-state index contributed by atoms with van der Waals surface area (Å²) in [5, 5.41) is 12.2. The van der Waals surface area contributed by atoms with E-state index in [0.717, 1.165) is 11.1 Å². The summed E-state index contributed by atoms with van der Waals surface area (Å²) in [6.45, 7) is 8.11. The molecule has 31 heavy (non-hydrogen) atoms. The van der Waals surface area contributed by atoms with Crippen molar-refractivity contribution in [1.82, 2.24) is 9.36 Å². The largest absolute Gasteiger partial charge is 0.315 e. The lowest BCUT2D eigenvalue weighted by atomic mass is 9.86. The van der Waals surface area contributed by atoms with Gasteiger partial charge in [0.1, 0.15) is 17.3 Å². The van der Waals surface area contributed by atoms with Gasteiger partial charge in [0.05, 0.1) is 11.4 Å². The lowest BCUT2D eigenvalue weighted by Crippen LogP contribution is -2.23. The SMILES string of the molecule is Cc1c(NC(=O)/C(C#N)=C/c2ccc(C(C)(C)C)cc2)c(=O)n(-c2ccccc2)n1C. The first kappa shape index (κ1) is 21.8. The van der Waals surface area contributed by atoms with Gasteiger partial charge in [-0.1, -0.05) is 63.2 Å². The van der Waals surface area contributed by atoms with Crippen LogP contribution in [0.4, 0.5) is 5.69 Å². The molecule has 3 rings (SSSR count). The second-order valence-corrected chi connectivity index (χ2v) is 8.43. The van der Waals surface area contributed by atoms with Crippen molar-refractivity contribution < 1.29 is 4.79 Å². The second kappa shape index (κ2) is 8.49. The average Bonchev–Trinajstić information content (AvgIpc) is 2.95. The zero-order chi connectivity index (χ0) is 22.8. The molecular weight excluding hydrogens is 388 g/mol. The number of nitriles is 1. The van der Waals surface area contributed by atoms with Crippen LogP contribution >= 0.6 is 0 Å². The number of hydrogen-bond donors (Lipinski definition) is 1. The van der Waals surface area contributed by atoms with Crippen LogP contribution in [0.15, 0.2) is 65.0 Å². The molecule has 158 valence electrons. The molecule has 1 aromatic heterocycles. The number of carbonyl (C=O) groups excluding carboxylic acids is 1. The molecule has 0 radical (unpaired) electrons. The zero-order valence-corrected chi connectivity index (χ0v) is 18.4. The van der Waals surface area contributed by atoms with Gasteiger partial charge in [-0.2, -0.15) is 5.26 Å². The predicted octanol–water partition coefficient (Wildman–Crippen LogP) is 4.33. The third kappa shape index (κ3) is 4.51. The minimum atomic E-state index is -0.617. The number of carbonyl (C=O) groups is 1. The maximum absolute atomic E-state index is 13.0. The van der Waals surface area contributed by atoms with Crippen molar-refractivity contribution >= 4 is 17.7 Å². The molecule has 0 saturated heterocycles. The molecule has 0 spiro atoms. The molecule has 3 aromatic rings. The molecular formula is C25H26N4O2. The summed E-state index contributed by atoms with van der Waals surface area (Å²) in [5.41, 5.74) is 2.92. The van der Waals surface area contributed by atoms with Crippen LogP contribution in [0.2, 0.25) is 0 Å². The van der Waals surface area contributed by atoms with Crippen LogP contribution in [0.25, 0.3) is 11.8 Å². The molecule has 0 unspecified atom stereocenters. The highest BCUT2D eigenvalue weighted by Gasteiger charge is 2.20. The van der Waals surface area contributed by atoms with E-state index in [4.69, 9.17) is 0 Å². The molecule has 0 atom stereocenters. The lowest BCUT2D eigenvalue weighted by Gasteiger charge is -2.18. The predicted molar refractivity (Wildman–Crippen MR) is 123 cm³/mol. The highest BCUT2D eigenvalue weighted by Crippen LogP contribution is 2.23. The Hall–Kier alpha value is -3.85. The van der Waals surface area contributed by atoms with E-state index in [2.05, 4.69) is 26.1 Å². The fourth-order valence-electron chi connectivity index (χ4n) is 3.29. The number of nitrogens with zero attached hydrogens (tertiary/aromatic N) is 3. The first-order valence-electron chi connectivity index (χ1n) is 10.0. The maximum atomic E-state index is 13.0. The molecule has 6 heteroatoms. The van der Waals surface area contributed by atoms with Crippen LogP contribution in [-0.2, 0) is 17.3 Å². The monoisotopic (exact) mass is 414 g/mol. The van der Waals surface area contributed by atoms with Gasteiger partial charge < -0.3 is 5.32 Å².